The van der Waals surface area contributed by atoms with Crippen LogP contribution < -0.4 is 10.0 Å². The second-order valence-corrected chi connectivity index (χ2v) is 9.89. The molecular weight excluding hydrogens is 459 g/mol. The molecular formula is C21H20Cl2N4O3S. The molecule has 2 aromatic carbocycles. The quantitative estimate of drug-likeness (QED) is 0.516. The molecule has 0 radical (unpaired) electrons. The average Bonchev–Trinajstić information content (AvgIpc) is 3.37. The summed E-state index contributed by atoms with van der Waals surface area (Å²) in [6, 6.07) is 10.2. The number of hydrogen-bond acceptors (Lipinski definition) is 4. The lowest BCUT2D eigenvalue weighted by atomic mass is 10.1. The third-order valence-electron chi connectivity index (χ3n) is 4.86. The summed E-state index contributed by atoms with van der Waals surface area (Å²) in [5.41, 5.74) is 2.06. The van der Waals surface area contributed by atoms with E-state index in [9.17, 15) is 13.2 Å². The van der Waals surface area contributed by atoms with E-state index in [1.54, 1.807) is 12.5 Å². The molecule has 4 rings (SSSR count). The Morgan fingerprint density at radius 1 is 1.10 bits per heavy atom. The Labute approximate surface area is 190 Å². The molecule has 1 saturated carbocycles. The molecule has 1 aliphatic carbocycles. The third-order valence-corrected chi connectivity index (χ3v) is 7.15. The molecule has 0 spiro atoms. The fraction of sp³-hybridized carbons (Fsp3) is 0.238. The monoisotopic (exact) mass is 478 g/mol. The smallest absolute Gasteiger partial charge is 0.253 e. The summed E-state index contributed by atoms with van der Waals surface area (Å²) in [4.78, 5) is 16.5. The summed E-state index contributed by atoms with van der Waals surface area (Å²) in [5, 5.41) is 2.84. The van der Waals surface area contributed by atoms with Crippen LogP contribution in [0.25, 0.3) is 0 Å². The van der Waals surface area contributed by atoms with Gasteiger partial charge in [0.15, 0.2) is 0 Å². The van der Waals surface area contributed by atoms with Crippen LogP contribution in [0.5, 0.6) is 0 Å². The van der Waals surface area contributed by atoms with Gasteiger partial charge in [-0.15, -0.1) is 0 Å². The maximum absolute atomic E-state index is 12.7. The van der Waals surface area contributed by atoms with Gasteiger partial charge in [-0.25, -0.2) is 18.1 Å². The lowest BCUT2D eigenvalue weighted by molar-refractivity contribution is 0.0951. The number of benzene rings is 2. The number of hydrogen-bond donors (Lipinski definition) is 2. The van der Waals surface area contributed by atoms with E-state index in [2.05, 4.69) is 15.0 Å². The zero-order valence-corrected chi connectivity index (χ0v) is 18.7. The number of carbonyl (C=O) groups excluding carboxylic acids is 1. The summed E-state index contributed by atoms with van der Waals surface area (Å²) < 4.78 is 29.6. The van der Waals surface area contributed by atoms with E-state index in [0.29, 0.717) is 6.54 Å². The number of aromatic nitrogens is 2. The second-order valence-electron chi connectivity index (χ2n) is 7.39. The second kappa shape index (κ2) is 9.00. The van der Waals surface area contributed by atoms with Gasteiger partial charge in [0.1, 0.15) is 4.90 Å². The number of nitrogens with zero attached hydrogens (tertiary/aromatic N) is 2. The zero-order valence-electron chi connectivity index (χ0n) is 16.4. The molecule has 1 fully saturated rings. The number of rotatable bonds is 8. The Hall–Kier alpha value is -2.39. The minimum Gasteiger partial charge on any atom is -0.348 e. The number of nitrogens with one attached hydrogen (secondary N) is 2. The fourth-order valence-electron chi connectivity index (χ4n) is 3.02. The summed E-state index contributed by atoms with van der Waals surface area (Å²) in [6.45, 7) is 0.977. The number of halogens is 2. The Morgan fingerprint density at radius 3 is 2.45 bits per heavy atom. The molecule has 0 bridgehead atoms. The van der Waals surface area contributed by atoms with Crippen LogP contribution in [-0.4, -0.2) is 29.9 Å². The van der Waals surface area contributed by atoms with Crippen molar-refractivity contribution in [2.75, 3.05) is 0 Å². The maximum Gasteiger partial charge on any atom is 0.253 e. The van der Waals surface area contributed by atoms with Crippen LogP contribution in [0.3, 0.4) is 0 Å². The van der Waals surface area contributed by atoms with Crippen molar-refractivity contribution in [1.82, 2.24) is 19.6 Å². The topological polar surface area (TPSA) is 93.1 Å². The molecule has 0 unspecified atom stereocenters. The van der Waals surface area contributed by atoms with Crippen molar-refractivity contribution < 1.29 is 13.2 Å². The van der Waals surface area contributed by atoms with Crippen molar-refractivity contribution in [1.29, 1.82) is 0 Å². The molecule has 0 aliphatic heterocycles. The standard InChI is InChI=1S/C21H20Cl2N4O3S/c22-18-10-19(23)20(31(29,30)26-16-5-6-16)9-17(18)21(28)25-11-14-1-3-15(4-2-14)12-27-8-7-24-13-27/h1-4,7-10,13,16,26H,5-6,11-12H2,(H,25,28). The van der Waals surface area contributed by atoms with Crippen LogP contribution in [0.1, 0.15) is 34.3 Å². The highest BCUT2D eigenvalue weighted by atomic mass is 35.5. The van der Waals surface area contributed by atoms with Gasteiger partial charge in [-0.2, -0.15) is 0 Å². The summed E-state index contributed by atoms with van der Waals surface area (Å²) in [7, 11) is -3.82. The largest absolute Gasteiger partial charge is 0.348 e. The van der Waals surface area contributed by atoms with E-state index in [-0.39, 0.29) is 33.1 Å². The van der Waals surface area contributed by atoms with Gasteiger partial charge in [-0.05, 0) is 36.1 Å². The van der Waals surface area contributed by atoms with Crippen LogP contribution in [0, 0.1) is 0 Å². The highest BCUT2D eigenvalue weighted by Crippen LogP contribution is 2.30. The van der Waals surface area contributed by atoms with Gasteiger partial charge >= 0.3 is 0 Å². The van der Waals surface area contributed by atoms with Crippen LogP contribution >= 0.6 is 23.2 Å². The Balaban J connectivity index is 1.44. The molecule has 3 aromatic rings. The van der Waals surface area contributed by atoms with Gasteiger partial charge in [-0.3, -0.25) is 4.79 Å². The Kier molecular flexibility index (Phi) is 6.34. The highest BCUT2D eigenvalue weighted by Gasteiger charge is 2.30. The molecule has 162 valence electrons. The molecule has 1 aromatic heterocycles. The van der Waals surface area contributed by atoms with Crippen LogP contribution in [0.15, 0.2) is 60.0 Å². The molecule has 2 N–H and O–H groups in total. The van der Waals surface area contributed by atoms with Crippen molar-refractivity contribution in [3.63, 3.8) is 0 Å². The number of carbonyl (C=O) groups is 1. The van der Waals surface area contributed by atoms with Gasteiger partial charge in [-0.1, -0.05) is 47.5 Å². The Morgan fingerprint density at radius 2 is 1.81 bits per heavy atom. The van der Waals surface area contributed by atoms with E-state index in [4.69, 9.17) is 23.2 Å². The fourth-order valence-corrected chi connectivity index (χ4v) is 5.19. The van der Waals surface area contributed by atoms with Crippen LogP contribution in [0.4, 0.5) is 0 Å². The minimum atomic E-state index is -3.82. The molecule has 0 saturated heterocycles. The molecule has 1 amide bonds. The summed E-state index contributed by atoms with van der Waals surface area (Å²) in [6.07, 6.45) is 6.94. The predicted molar refractivity (Wildman–Crippen MR) is 119 cm³/mol. The molecule has 10 heteroatoms. The molecule has 7 nitrogen and oxygen atoms in total. The molecule has 0 atom stereocenters. The van der Waals surface area contributed by atoms with Crippen LogP contribution in [-0.2, 0) is 23.1 Å². The van der Waals surface area contributed by atoms with Gasteiger partial charge in [0.05, 0.1) is 21.9 Å². The van der Waals surface area contributed by atoms with E-state index < -0.39 is 15.9 Å². The van der Waals surface area contributed by atoms with Gasteiger partial charge < -0.3 is 9.88 Å². The first kappa shape index (κ1) is 21.8. The summed E-state index contributed by atoms with van der Waals surface area (Å²) >= 11 is 12.3. The minimum absolute atomic E-state index is 0.0248. The van der Waals surface area contributed by atoms with Crippen molar-refractivity contribution in [2.45, 2.75) is 36.9 Å². The van der Waals surface area contributed by atoms with Crippen molar-refractivity contribution >= 4 is 39.1 Å². The van der Waals surface area contributed by atoms with E-state index >= 15 is 0 Å². The van der Waals surface area contributed by atoms with E-state index in [1.807, 2.05) is 35.0 Å². The highest BCUT2D eigenvalue weighted by molar-refractivity contribution is 7.89. The first-order valence-electron chi connectivity index (χ1n) is 9.65. The van der Waals surface area contributed by atoms with E-state index in [0.717, 1.165) is 24.0 Å². The maximum atomic E-state index is 12.7. The number of sulfonamides is 1. The first-order valence-corrected chi connectivity index (χ1v) is 11.9. The zero-order chi connectivity index (χ0) is 22.0. The SMILES string of the molecule is O=C(NCc1ccc(Cn2ccnc2)cc1)c1cc(S(=O)(=O)NC2CC2)c(Cl)cc1Cl. The normalized spacial score (nSPS) is 13.9. The third kappa shape index (κ3) is 5.46. The lowest BCUT2D eigenvalue weighted by Gasteiger charge is -2.12. The average molecular weight is 479 g/mol. The van der Waals surface area contributed by atoms with Gasteiger partial charge in [0, 0.05) is 31.5 Å². The van der Waals surface area contributed by atoms with Gasteiger partial charge in [0.2, 0.25) is 10.0 Å². The molecule has 31 heavy (non-hydrogen) atoms. The Bertz CT molecular complexity index is 1190. The van der Waals surface area contributed by atoms with Crippen molar-refractivity contribution in [3.05, 3.63) is 81.9 Å². The number of amides is 1. The van der Waals surface area contributed by atoms with Crippen molar-refractivity contribution in [3.8, 4) is 0 Å². The lowest BCUT2D eigenvalue weighted by Crippen LogP contribution is -2.27. The molecule has 1 aliphatic rings. The number of imidazole rings is 1. The van der Waals surface area contributed by atoms with Crippen LogP contribution in [0.2, 0.25) is 10.0 Å². The van der Waals surface area contributed by atoms with E-state index in [1.165, 1.54) is 12.1 Å². The first-order chi connectivity index (χ1) is 14.8. The van der Waals surface area contributed by atoms with Gasteiger partial charge in [0.25, 0.3) is 5.91 Å². The summed E-state index contributed by atoms with van der Waals surface area (Å²) in [5.74, 6) is -0.480. The molecule has 1 heterocycles. The predicted octanol–water partition coefficient (Wildman–Crippen LogP) is 3.61. The van der Waals surface area contributed by atoms with Crippen molar-refractivity contribution in [2.24, 2.45) is 0 Å².